The third-order valence-corrected chi connectivity index (χ3v) is 7.68. The number of fused-ring (bicyclic) bond motifs is 1. The smallest absolute Gasteiger partial charge is 0.261 e. The Morgan fingerprint density at radius 3 is 2.50 bits per heavy atom. The summed E-state index contributed by atoms with van der Waals surface area (Å²) >= 11 is 0. The number of sulfonamides is 1. The zero-order chi connectivity index (χ0) is 24.5. The Kier molecular flexibility index (Phi) is 6.83. The SMILES string of the molecule is Cc1ccc(S(=O)(=O)NCC2CCCN(CC(=O)Nc3ccc4c(c3)C(=O)N(C)C4=O)C2)cc1. The number of anilines is 1. The minimum Gasteiger partial charge on any atom is -0.325 e. The number of likely N-dealkylation sites (tertiary alicyclic amines) is 1. The number of imide groups is 1. The predicted octanol–water partition coefficient (Wildman–Crippen LogP) is 1.85. The van der Waals surface area contributed by atoms with E-state index >= 15 is 0 Å². The second kappa shape index (κ2) is 9.65. The highest BCUT2D eigenvalue weighted by atomic mass is 32.2. The van der Waals surface area contributed by atoms with Crippen LogP contribution in [0.25, 0.3) is 0 Å². The van der Waals surface area contributed by atoms with Crippen LogP contribution in [0.15, 0.2) is 47.4 Å². The maximum absolute atomic E-state index is 12.6. The van der Waals surface area contributed by atoms with Crippen LogP contribution in [-0.4, -0.2) is 69.2 Å². The molecule has 0 aromatic heterocycles. The lowest BCUT2D eigenvalue weighted by Crippen LogP contribution is -2.43. The number of aryl methyl sites for hydroxylation is 1. The molecular formula is C24H28N4O5S. The highest BCUT2D eigenvalue weighted by molar-refractivity contribution is 7.89. The molecule has 2 aromatic carbocycles. The summed E-state index contributed by atoms with van der Waals surface area (Å²) in [4.78, 5) is 40.1. The average molecular weight is 485 g/mol. The summed E-state index contributed by atoms with van der Waals surface area (Å²) in [5.41, 5.74) is 2.06. The number of rotatable bonds is 7. The summed E-state index contributed by atoms with van der Waals surface area (Å²) in [7, 11) is -2.15. The maximum atomic E-state index is 12.6. The number of carbonyl (C=O) groups excluding carboxylic acids is 3. The molecule has 180 valence electrons. The first kappa shape index (κ1) is 24.1. The van der Waals surface area contributed by atoms with Gasteiger partial charge in [0.25, 0.3) is 11.8 Å². The van der Waals surface area contributed by atoms with Gasteiger partial charge in [-0.2, -0.15) is 0 Å². The Labute approximate surface area is 199 Å². The van der Waals surface area contributed by atoms with Crippen molar-refractivity contribution in [1.29, 1.82) is 0 Å². The van der Waals surface area contributed by atoms with Crippen LogP contribution in [0.5, 0.6) is 0 Å². The Morgan fingerprint density at radius 1 is 1.06 bits per heavy atom. The predicted molar refractivity (Wildman–Crippen MR) is 127 cm³/mol. The van der Waals surface area contributed by atoms with E-state index < -0.39 is 10.0 Å². The van der Waals surface area contributed by atoms with Gasteiger partial charge in [0.05, 0.1) is 22.6 Å². The number of hydrogen-bond donors (Lipinski definition) is 2. The van der Waals surface area contributed by atoms with Crippen molar-refractivity contribution in [3.05, 3.63) is 59.2 Å². The van der Waals surface area contributed by atoms with Crippen molar-refractivity contribution in [1.82, 2.24) is 14.5 Å². The zero-order valence-corrected chi connectivity index (χ0v) is 20.0. The monoisotopic (exact) mass is 484 g/mol. The fraction of sp³-hybridized carbons (Fsp3) is 0.375. The van der Waals surface area contributed by atoms with Crippen LogP contribution in [-0.2, 0) is 14.8 Å². The first-order valence-corrected chi connectivity index (χ1v) is 12.7. The summed E-state index contributed by atoms with van der Waals surface area (Å²) in [5.74, 6) is -0.870. The van der Waals surface area contributed by atoms with Gasteiger partial charge in [0.15, 0.2) is 0 Å². The molecule has 0 bridgehead atoms. The summed E-state index contributed by atoms with van der Waals surface area (Å²) in [6.07, 6.45) is 1.75. The largest absolute Gasteiger partial charge is 0.325 e. The van der Waals surface area contributed by atoms with Crippen molar-refractivity contribution in [2.75, 3.05) is 38.5 Å². The molecule has 2 aromatic rings. The molecule has 2 heterocycles. The van der Waals surface area contributed by atoms with Gasteiger partial charge in [-0.3, -0.25) is 24.2 Å². The molecule has 0 radical (unpaired) electrons. The minimum absolute atomic E-state index is 0.0981. The molecular weight excluding hydrogens is 456 g/mol. The van der Waals surface area contributed by atoms with Gasteiger partial charge in [-0.05, 0) is 62.6 Å². The zero-order valence-electron chi connectivity index (χ0n) is 19.2. The fourth-order valence-corrected chi connectivity index (χ4v) is 5.45. The van der Waals surface area contributed by atoms with Crippen LogP contribution in [0, 0.1) is 12.8 Å². The normalized spacial score (nSPS) is 18.8. The number of piperidine rings is 1. The van der Waals surface area contributed by atoms with Gasteiger partial charge in [0.2, 0.25) is 15.9 Å². The third kappa shape index (κ3) is 5.19. The highest BCUT2D eigenvalue weighted by Crippen LogP contribution is 2.25. The second-order valence-electron chi connectivity index (χ2n) is 8.89. The van der Waals surface area contributed by atoms with Crippen LogP contribution < -0.4 is 10.0 Å². The molecule has 2 aliphatic heterocycles. The number of nitrogens with one attached hydrogen (secondary N) is 2. The van der Waals surface area contributed by atoms with Crippen LogP contribution in [0.1, 0.15) is 39.1 Å². The molecule has 1 fully saturated rings. The van der Waals surface area contributed by atoms with Gasteiger partial charge in [-0.15, -0.1) is 0 Å². The number of nitrogens with zero attached hydrogens (tertiary/aromatic N) is 2. The van der Waals surface area contributed by atoms with Gasteiger partial charge in [0.1, 0.15) is 0 Å². The Balaban J connectivity index is 1.30. The van der Waals surface area contributed by atoms with Crippen molar-refractivity contribution in [2.24, 2.45) is 5.92 Å². The molecule has 1 unspecified atom stereocenters. The number of hydrogen-bond acceptors (Lipinski definition) is 6. The Morgan fingerprint density at radius 2 is 1.76 bits per heavy atom. The summed E-state index contributed by atoms with van der Waals surface area (Å²) in [6, 6.07) is 11.4. The number of amides is 3. The standard InChI is InChI=1S/C24H28N4O5S/c1-16-5-8-19(9-6-16)34(32,33)25-13-17-4-3-11-28(14-17)15-22(29)26-18-7-10-20-21(12-18)24(31)27(2)23(20)30/h5-10,12,17,25H,3-4,11,13-15H2,1-2H3,(H,26,29). The van der Waals surface area contributed by atoms with Crippen LogP contribution in [0.3, 0.4) is 0 Å². The average Bonchev–Trinajstić information content (AvgIpc) is 3.02. The van der Waals surface area contributed by atoms with Crippen LogP contribution in [0.2, 0.25) is 0 Å². The molecule has 34 heavy (non-hydrogen) atoms. The van der Waals surface area contributed by atoms with E-state index in [9.17, 15) is 22.8 Å². The van der Waals surface area contributed by atoms with Crippen molar-refractivity contribution >= 4 is 33.4 Å². The van der Waals surface area contributed by atoms with E-state index in [0.717, 1.165) is 29.8 Å². The minimum atomic E-state index is -3.58. The maximum Gasteiger partial charge on any atom is 0.261 e. The Hall–Kier alpha value is -3.08. The van der Waals surface area contributed by atoms with Crippen molar-refractivity contribution in [2.45, 2.75) is 24.7 Å². The van der Waals surface area contributed by atoms with Crippen LogP contribution >= 0.6 is 0 Å². The summed E-state index contributed by atoms with van der Waals surface area (Å²) in [5, 5.41) is 2.79. The van der Waals surface area contributed by atoms with E-state index in [1.165, 1.54) is 13.1 Å². The highest BCUT2D eigenvalue weighted by Gasteiger charge is 2.33. The molecule has 0 saturated carbocycles. The number of benzene rings is 2. The van der Waals surface area contributed by atoms with E-state index in [-0.39, 0.29) is 40.6 Å². The van der Waals surface area contributed by atoms with Gasteiger partial charge in [-0.25, -0.2) is 13.1 Å². The lowest BCUT2D eigenvalue weighted by molar-refractivity contribution is -0.117. The van der Waals surface area contributed by atoms with Crippen LogP contribution in [0.4, 0.5) is 5.69 Å². The first-order valence-electron chi connectivity index (χ1n) is 11.2. The van der Waals surface area contributed by atoms with Crippen molar-refractivity contribution in [3.8, 4) is 0 Å². The summed E-state index contributed by atoms with van der Waals surface area (Å²) < 4.78 is 27.8. The lowest BCUT2D eigenvalue weighted by atomic mass is 9.98. The molecule has 1 saturated heterocycles. The van der Waals surface area contributed by atoms with E-state index in [2.05, 4.69) is 10.0 Å². The lowest BCUT2D eigenvalue weighted by Gasteiger charge is -2.32. The summed E-state index contributed by atoms with van der Waals surface area (Å²) in [6.45, 7) is 3.72. The van der Waals surface area contributed by atoms with Gasteiger partial charge in [0, 0.05) is 25.8 Å². The fourth-order valence-electron chi connectivity index (χ4n) is 4.33. The molecule has 3 amide bonds. The molecule has 0 aliphatic carbocycles. The van der Waals surface area contributed by atoms with E-state index in [0.29, 0.717) is 24.3 Å². The van der Waals surface area contributed by atoms with Crippen molar-refractivity contribution < 1.29 is 22.8 Å². The number of carbonyl (C=O) groups is 3. The molecule has 1 atom stereocenters. The quantitative estimate of drug-likeness (QED) is 0.580. The molecule has 10 heteroatoms. The molecule has 0 spiro atoms. The van der Waals surface area contributed by atoms with E-state index in [4.69, 9.17) is 0 Å². The molecule has 2 aliphatic rings. The molecule has 9 nitrogen and oxygen atoms in total. The molecule has 2 N–H and O–H groups in total. The van der Waals surface area contributed by atoms with Gasteiger partial charge < -0.3 is 5.32 Å². The first-order chi connectivity index (χ1) is 16.1. The van der Waals surface area contributed by atoms with Gasteiger partial charge in [-0.1, -0.05) is 17.7 Å². The molecule has 4 rings (SSSR count). The van der Waals surface area contributed by atoms with E-state index in [1.54, 1.807) is 36.4 Å². The van der Waals surface area contributed by atoms with Crippen molar-refractivity contribution in [3.63, 3.8) is 0 Å². The Bertz CT molecular complexity index is 1230. The second-order valence-corrected chi connectivity index (χ2v) is 10.7. The third-order valence-electron chi connectivity index (χ3n) is 6.24. The topological polar surface area (TPSA) is 116 Å². The van der Waals surface area contributed by atoms with Gasteiger partial charge >= 0.3 is 0 Å². The van der Waals surface area contributed by atoms with E-state index in [1.807, 2.05) is 11.8 Å².